The minimum atomic E-state index is 0.700. The Morgan fingerprint density at radius 3 is 2.67 bits per heavy atom. The molecule has 0 radical (unpaired) electrons. The monoisotopic (exact) mass is 238 g/mol. The molecule has 0 aliphatic rings. The van der Waals surface area contributed by atoms with Crippen molar-refractivity contribution in [3.05, 3.63) is 42.1 Å². The number of fused-ring (bicyclic) bond motifs is 1. The molecule has 0 saturated heterocycles. The van der Waals surface area contributed by atoms with Gasteiger partial charge in [0.1, 0.15) is 5.82 Å². The van der Waals surface area contributed by atoms with Crippen LogP contribution in [0.15, 0.2) is 36.5 Å². The molecule has 18 heavy (non-hydrogen) atoms. The first-order valence-electron chi connectivity index (χ1n) is 5.81. The third-order valence-corrected chi connectivity index (χ3v) is 3.24. The van der Waals surface area contributed by atoms with Crippen LogP contribution in [0.3, 0.4) is 0 Å². The molecule has 2 N–H and O–H groups in total. The average molecular weight is 238 g/mol. The van der Waals surface area contributed by atoms with E-state index < -0.39 is 0 Å². The molecule has 2 aromatic heterocycles. The number of pyridine rings is 1. The molecule has 0 fully saturated rings. The molecule has 4 heteroatoms. The lowest BCUT2D eigenvalue weighted by molar-refractivity contribution is 0.782. The lowest BCUT2D eigenvalue weighted by Crippen LogP contribution is -1.97. The number of benzene rings is 1. The molecule has 90 valence electrons. The van der Waals surface area contributed by atoms with E-state index in [-0.39, 0.29) is 0 Å². The number of nitrogens with zero attached hydrogens (tertiary/aromatic N) is 3. The highest BCUT2D eigenvalue weighted by molar-refractivity contribution is 5.94. The van der Waals surface area contributed by atoms with Gasteiger partial charge in [0.2, 0.25) is 0 Å². The Balaban J connectivity index is 2.35. The lowest BCUT2D eigenvalue weighted by atomic mass is 10.0. The maximum Gasteiger partial charge on any atom is 0.124 e. The summed E-state index contributed by atoms with van der Waals surface area (Å²) in [6.45, 7) is 1.99. The number of aryl methyl sites for hydroxylation is 1. The fraction of sp³-hybridized carbons (Fsp3) is 0.143. The fourth-order valence-electron chi connectivity index (χ4n) is 2.20. The molecule has 0 bridgehead atoms. The highest BCUT2D eigenvalue weighted by Crippen LogP contribution is 2.30. The van der Waals surface area contributed by atoms with Crippen LogP contribution in [0.5, 0.6) is 0 Å². The van der Waals surface area contributed by atoms with Crippen molar-refractivity contribution >= 4 is 16.7 Å². The van der Waals surface area contributed by atoms with Crippen LogP contribution in [0.4, 0.5) is 5.82 Å². The van der Waals surface area contributed by atoms with E-state index >= 15 is 0 Å². The molecule has 1 aromatic carbocycles. The molecule has 0 aliphatic carbocycles. The van der Waals surface area contributed by atoms with Gasteiger partial charge in [0.05, 0.1) is 11.2 Å². The second kappa shape index (κ2) is 3.84. The summed E-state index contributed by atoms with van der Waals surface area (Å²) < 4.78 is 1.71. The number of nitrogen functional groups attached to an aromatic ring is 1. The molecule has 0 atom stereocenters. The normalized spacial score (nSPS) is 11.0. The molecule has 0 amide bonds. The van der Waals surface area contributed by atoms with Gasteiger partial charge in [-0.25, -0.2) is 0 Å². The van der Waals surface area contributed by atoms with Crippen LogP contribution in [0.2, 0.25) is 0 Å². The van der Waals surface area contributed by atoms with Crippen molar-refractivity contribution in [2.24, 2.45) is 7.05 Å². The van der Waals surface area contributed by atoms with Gasteiger partial charge in [0.25, 0.3) is 0 Å². The maximum absolute atomic E-state index is 5.97. The number of hydrogen-bond donors (Lipinski definition) is 1. The lowest BCUT2D eigenvalue weighted by Gasteiger charge is -2.03. The highest BCUT2D eigenvalue weighted by atomic mass is 15.3. The summed E-state index contributed by atoms with van der Waals surface area (Å²) in [5.74, 6) is 0.700. The molecular formula is C14H14N4. The first-order chi connectivity index (χ1) is 8.68. The van der Waals surface area contributed by atoms with Crippen LogP contribution in [-0.4, -0.2) is 14.8 Å². The van der Waals surface area contributed by atoms with Gasteiger partial charge in [0, 0.05) is 29.8 Å². The minimum absolute atomic E-state index is 0.700. The molecule has 0 unspecified atom stereocenters. The Morgan fingerprint density at radius 1 is 1.17 bits per heavy atom. The predicted octanol–water partition coefficient (Wildman–Crippen LogP) is 2.53. The molecule has 0 aliphatic heterocycles. The van der Waals surface area contributed by atoms with Crippen molar-refractivity contribution in [3.63, 3.8) is 0 Å². The zero-order valence-corrected chi connectivity index (χ0v) is 10.4. The zero-order valence-electron chi connectivity index (χ0n) is 10.4. The van der Waals surface area contributed by atoms with Crippen LogP contribution < -0.4 is 5.73 Å². The highest BCUT2D eigenvalue weighted by Gasteiger charge is 2.13. The van der Waals surface area contributed by atoms with Crippen molar-refractivity contribution in [2.45, 2.75) is 6.92 Å². The van der Waals surface area contributed by atoms with Gasteiger partial charge >= 0.3 is 0 Å². The zero-order chi connectivity index (χ0) is 12.7. The first-order valence-corrected chi connectivity index (χ1v) is 5.81. The Morgan fingerprint density at radius 2 is 1.94 bits per heavy atom. The van der Waals surface area contributed by atoms with E-state index in [1.165, 1.54) is 0 Å². The van der Waals surface area contributed by atoms with Crippen molar-refractivity contribution in [1.82, 2.24) is 14.8 Å². The summed E-state index contributed by atoms with van der Waals surface area (Å²) in [6, 6.07) is 10.0. The van der Waals surface area contributed by atoms with E-state index in [4.69, 9.17) is 5.73 Å². The molecule has 0 spiro atoms. The van der Waals surface area contributed by atoms with E-state index in [0.717, 1.165) is 27.7 Å². The van der Waals surface area contributed by atoms with Crippen molar-refractivity contribution in [2.75, 3.05) is 5.73 Å². The minimum Gasteiger partial charge on any atom is -0.384 e. The molecular weight excluding hydrogens is 224 g/mol. The molecule has 3 rings (SSSR count). The second-order valence-corrected chi connectivity index (χ2v) is 4.36. The van der Waals surface area contributed by atoms with Gasteiger partial charge in [-0.3, -0.25) is 9.67 Å². The van der Waals surface area contributed by atoms with Gasteiger partial charge in [0.15, 0.2) is 0 Å². The van der Waals surface area contributed by atoms with Gasteiger partial charge in [-0.1, -0.05) is 18.2 Å². The summed E-state index contributed by atoms with van der Waals surface area (Å²) in [4.78, 5) is 4.36. The van der Waals surface area contributed by atoms with Crippen molar-refractivity contribution < 1.29 is 0 Å². The summed E-state index contributed by atoms with van der Waals surface area (Å²) in [6.07, 6.45) is 1.81. The number of anilines is 1. The first kappa shape index (κ1) is 10.8. The van der Waals surface area contributed by atoms with Gasteiger partial charge < -0.3 is 5.73 Å². The average Bonchev–Trinajstić information content (AvgIpc) is 2.66. The molecule has 3 aromatic rings. The van der Waals surface area contributed by atoms with Crippen LogP contribution >= 0.6 is 0 Å². The maximum atomic E-state index is 5.97. The van der Waals surface area contributed by atoms with Crippen molar-refractivity contribution in [1.29, 1.82) is 0 Å². The third kappa shape index (κ3) is 1.46. The summed E-state index contributed by atoms with van der Waals surface area (Å²) >= 11 is 0. The van der Waals surface area contributed by atoms with E-state index in [9.17, 15) is 0 Å². The Bertz CT molecular complexity index is 722. The summed E-state index contributed by atoms with van der Waals surface area (Å²) in [5, 5.41) is 5.59. The topological polar surface area (TPSA) is 56.7 Å². The quantitative estimate of drug-likeness (QED) is 0.708. The third-order valence-electron chi connectivity index (χ3n) is 3.24. The largest absolute Gasteiger partial charge is 0.384 e. The second-order valence-electron chi connectivity index (χ2n) is 4.36. The number of hydrogen-bond acceptors (Lipinski definition) is 3. The number of para-hydroxylation sites is 1. The molecule has 0 saturated carbocycles. The molecule has 2 heterocycles. The van der Waals surface area contributed by atoms with E-state index in [2.05, 4.69) is 16.1 Å². The van der Waals surface area contributed by atoms with E-state index in [1.54, 1.807) is 4.68 Å². The van der Waals surface area contributed by atoms with Gasteiger partial charge in [-0.05, 0) is 19.1 Å². The Hall–Kier alpha value is -2.36. The Kier molecular flexibility index (Phi) is 2.30. The summed E-state index contributed by atoms with van der Waals surface area (Å²) in [5.41, 5.74) is 9.95. The molecule has 4 nitrogen and oxygen atoms in total. The van der Waals surface area contributed by atoms with Crippen LogP contribution in [0, 0.1) is 6.92 Å². The Labute approximate surface area is 105 Å². The van der Waals surface area contributed by atoms with Gasteiger partial charge in [-0.2, -0.15) is 5.10 Å². The predicted molar refractivity (Wildman–Crippen MR) is 73.1 cm³/mol. The van der Waals surface area contributed by atoms with Crippen LogP contribution in [0.25, 0.3) is 22.2 Å². The fourth-order valence-corrected chi connectivity index (χ4v) is 2.20. The van der Waals surface area contributed by atoms with Gasteiger partial charge in [-0.15, -0.1) is 0 Å². The standard InChI is InChI=1S/C14H14N4/c1-9-13(17-18(2)14(9)15)11-7-8-16-12-6-4-3-5-10(11)12/h3-8H,15H2,1-2H3. The van der Waals surface area contributed by atoms with Crippen molar-refractivity contribution in [3.8, 4) is 11.3 Å². The number of nitrogens with two attached hydrogens (primary N) is 1. The summed E-state index contributed by atoms with van der Waals surface area (Å²) in [7, 11) is 1.86. The number of rotatable bonds is 1. The van der Waals surface area contributed by atoms with E-state index in [0.29, 0.717) is 5.82 Å². The van der Waals surface area contributed by atoms with Crippen LogP contribution in [-0.2, 0) is 7.05 Å². The SMILES string of the molecule is Cc1c(-c2ccnc3ccccc23)nn(C)c1N. The number of aromatic nitrogens is 3. The van der Waals surface area contributed by atoms with E-state index in [1.807, 2.05) is 44.4 Å². The smallest absolute Gasteiger partial charge is 0.124 e. The van der Waals surface area contributed by atoms with Crippen LogP contribution in [0.1, 0.15) is 5.56 Å².